The van der Waals surface area contributed by atoms with Crippen LogP contribution in [0.25, 0.3) is 0 Å². The van der Waals surface area contributed by atoms with Gasteiger partial charge in [-0.05, 0) is 61.1 Å². The normalized spacial score (nSPS) is 11.1. The van der Waals surface area contributed by atoms with E-state index in [1.54, 1.807) is 0 Å². The standard InChI is InChI=1S/C18H21BrO2/c1-10-5-14(6-11(2)17(10)20)16(9-19)15-7-12(3)18(21)13(4)8-15/h5-8,16,20-21H,9H2,1-4H3. The van der Waals surface area contributed by atoms with Gasteiger partial charge in [0.2, 0.25) is 0 Å². The molecule has 0 spiro atoms. The molecule has 0 bridgehead atoms. The van der Waals surface area contributed by atoms with Crippen molar-refractivity contribution in [2.75, 3.05) is 5.33 Å². The quantitative estimate of drug-likeness (QED) is 0.777. The van der Waals surface area contributed by atoms with Gasteiger partial charge in [-0.3, -0.25) is 0 Å². The summed E-state index contributed by atoms with van der Waals surface area (Å²) in [5.41, 5.74) is 5.91. The molecule has 2 aromatic rings. The lowest BCUT2D eigenvalue weighted by molar-refractivity contribution is 0.466. The van der Waals surface area contributed by atoms with Crippen molar-refractivity contribution in [3.63, 3.8) is 0 Å². The number of phenolic OH excluding ortho intramolecular Hbond substituents is 2. The zero-order chi connectivity index (χ0) is 15.7. The van der Waals surface area contributed by atoms with Gasteiger partial charge in [-0.1, -0.05) is 40.2 Å². The van der Waals surface area contributed by atoms with Gasteiger partial charge in [0.25, 0.3) is 0 Å². The Labute approximate surface area is 134 Å². The highest BCUT2D eigenvalue weighted by molar-refractivity contribution is 9.09. The van der Waals surface area contributed by atoms with Crippen molar-refractivity contribution >= 4 is 15.9 Å². The van der Waals surface area contributed by atoms with Crippen molar-refractivity contribution in [2.24, 2.45) is 0 Å². The molecular formula is C18H21BrO2. The summed E-state index contributed by atoms with van der Waals surface area (Å²) >= 11 is 3.60. The molecule has 0 aliphatic carbocycles. The minimum absolute atomic E-state index is 0.195. The van der Waals surface area contributed by atoms with Crippen LogP contribution in [0.15, 0.2) is 24.3 Å². The van der Waals surface area contributed by atoms with E-state index in [2.05, 4.69) is 15.9 Å². The summed E-state index contributed by atoms with van der Waals surface area (Å²) in [7, 11) is 0. The van der Waals surface area contributed by atoms with Crippen LogP contribution in [-0.2, 0) is 0 Å². The summed E-state index contributed by atoms with van der Waals surface area (Å²) in [5.74, 6) is 0.927. The molecule has 0 atom stereocenters. The molecular weight excluding hydrogens is 328 g/mol. The van der Waals surface area contributed by atoms with Gasteiger partial charge in [0.15, 0.2) is 0 Å². The maximum absolute atomic E-state index is 9.94. The maximum Gasteiger partial charge on any atom is 0.121 e. The molecule has 0 saturated carbocycles. The fourth-order valence-corrected chi connectivity index (χ4v) is 3.50. The Kier molecular flexibility index (Phi) is 4.62. The number of halogens is 1. The summed E-state index contributed by atoms with van der Waals surface area (Å²) < 4.78 is 0. The highest BCUT2D eigenvalue weighted by atomic mass is 79.9. The van der Waals surface area contributed by atoms with Crippen LogP contribution in [-0.4, -0.2) is 15.5 Å². The van der Waals surface area contributed by atoms with E-state index < -0.39 is 0 Å². The first-order valence-electron chi connectivity index (χ1n) is 7.01. The van der Waals surface area contributed by atoms with E-state index in [0.29, 0.717) is 11.5 Å². The Morgan fingerprint density at radius 1 is 0.762 bits per heavy atom. The van der Waals surface area contributed by atoms with Gasteiger partial charge < -0.3 is 10.2 Å². The Morgan fingerprint density at radius 2 is 1.05 bits per heavy atom. The summed E-state index contributed by atoms with van der Waals surface area (Å²) in [5, 5.41) is 20.7. The van der Waals surface area contributed by atoms with E-state index >= 15 is 0 Å². The molecule has 0 aliphatic rings. The number of aromatic hydroxyl groups is 2. The predicted octanol–water partition coefficient (Wildman–Crippen LogP) is 4.86. The van der Waals surface area contributed by atoms with Gasteiger partial charge in [-0.25, -0.2) is 0 Å². The van der Waals surface area contributed by atoms with Crippen molar-refractivity contribution in [1.82, 2.24) is 0 Å². The second kappa shape index (κ2) is 6.10. The van der Waals surface area contributed by atoms with Crippen molar-refractivity contribution in [1.29, 1.82) is 0 Å². The van der Waals surface area contributed by atoms with Crippen LogP contribution in [0.3, 0.4) is 0 Å². The summed E-state index contributed by atoms with van der Waals surface area (Å²) in [6.45, 7) is 7.68. The molecule has 2 nitrogen and oxygen atoms in total. The van der Waals surface area contributed by atoms with Crippen molar-refractivity contribution < 1.29 is 10.2 Å². The fraction of sp³-hybridized carbons (Fsp3) is 0.333. The third-order valence-corrected chi connectivity index (χ3v) is 4.63. The Balaban J connectivity index is 2.54. The molecule has 3 heteroatoms. The molecule has 0 aromatic heterocycles. The number of hydrogen-bond donors (Lipinski definition) is 2. The van der Waals surface area contributed by atoms with Crippen LogP contribution in [0.1, 0.15) is 39.3 Å². The molecule has 2 N–H and O–H groups in total. The highest BCUT2D eigenvalue weighted by Crippen LogP contribution is 2.34. The minimum Gasteiger partial charge on any atom is -0.507 e. The number of rotatable bonds is 3. The molecule has 21 heavy (non-hydrogen) atoms. The van der Waals surface area contributed by atoms with Crippen LogP contribution < -0.4 is 0 Å². The van der Waals surface area contributed by atoms with Crippen LogP contribution in [0, 0.1) is 27.7 Å². The van der Waals surface area contributed by atoms with E-state index in [9.17, 15) is 10.2 Å². The van der Waals surface area contributed by atoms with Gasteiger partial charge in [-0.15, -0.1) is 0 Å². The molecule has 0 saturated heterocycles. The van der Waals surface area contributed by atoms with Crippen LogP contribution >= 0.6 is 15.9 Å². The SMILES string of the molecule is Cc1cc(C(CBr)c2cc(C)c(O)c(C)c2)cc(C)c1O. The maximum atomic E-state index is 9.94. The molecule has 0 amide bonds. The largest absolute Gasteiger partial charge is 0.507 e. The van der Waals surface area contributed by atoms with Gasteiger partial charge >= 0.3 is 0 Å². The molecule has 0 heterocycles. The third kappa shape index (κ3) is 3.08. The van der Waals surface area contributed by atoms with E-state index in [0.717, 1.165) is 27.6 Å². The number of phenols is 2. The number of benzene rings is 2. The van der Waals surface area contributed by atoms with Gasteiger partial charge in [0, 0.05) is 11.2 Å². The first-order chi connectivity index (χ1) is 9.85. The van der Waals surface area contributed by atoms with Crippen molar-refractivity contribution in [2.45, 2.75) is 33.6 Å². The number of alkyl halides is 1. The van der Waals surface area contributed by atoms with Gasteiger partial charge in [0.05, 0.1) is 0 Å². The third-order valence-electron chi connectivity index (χ3n) is 3.99. The average Bonchev–Trinajstić information content (AvgIpc) is 2.42. The van der Waals surface area contributed by atoms with E-state index in [-0.39, 0.29) is 5.92 Å². The second-order valence-electron chi connectivity index (χ2n) is 5.71. The Morgan fingerprint density at radius 3 is 1.29 bits per heavy atom. The molecule has 0 aliphatic heterocycles. The topological polar surface area (TPSA) is 40.5 Å². The smallest absolute Gasteiger partial charge is 0.121 e. The first-order valence-corrected chi connectivity index (χ1v) is 8.13. The predicted molar refractivity (Wildman–Crippen MR) is 90.8 cm³/mol. The molecule has 2 rings (SSSR count). The zero-order valence-electron chi connectivity index (χ0n) is 12.9. The van der Waals surface area contributed by atoms with Gasteiger partial charge in [0.1, 0.15) is 11.5 Å². The fourth-order valence-electron chi connectivity index (χ4n) is 2.75. The molecule has 0 radical (unpaired) electrons. The molecule has 2 aromatic carbocycles. The molecule has 0 unspecified atom stereocenters. The van der Waals surface area contributed by atoms with Crippen molar-refractivity contribution in [3.05, 3.63) is 57.6 Å². The molecule has 0 fully saturated rings. The lowest BCUT2D eigenvalue weighted by Gasteiger charge is -2.19. The Hall–Kier alpha value is -1.48. The molecule has 112 valence electrons. The Bertz CT molecular complexity index is 573. The summed E-state index contributed by atoms with van der Waals surface area (Å²) in [6.07, 6.45) is 0. The van der Waals surface area contributed by atoms with Crippen LogP contribution in [0.4, 0.5) is 0 Å². The van der Waals surface area contributed by atoms with E-state index in [1.165, 1.54) is 11.1 Å². The monoisotopic (exact) mass is 348 g/mol. The minimum atomic E-state index is 0.195. The highest BCUT2D eigenvalue weighted by Gasteiger charge is 2.17. The lowest BCUT2D eigenvalue weighted by Crippen LogP contribution is -2.05. The van der Waals surface area contributed by atoms with Gasteiger partial charge in [-0.2, -0.15) is 0 Å². The average molecular weight is 349 g/mol. The number of hydrogen-bond acceptors (Lipinski definition) is 2. The van der Waals surface area contributed by atoms with E-state index in [4.69, 9.17) is 0 Å². The number of aryl methyl sites for hydroxylation is 4. The lowest BCUT2D eigenvalue weighted by atomic mass is 9.88. The summed E-state index contributed by atoms with van der Waals surface area (Å²) in [6, 6.07) is 8.13. The van der Waals surface area contributed by atoms with E-state index in [1.807, 2.05) is 52.0 Å². The zero-order valence-corrected chi connectivity index (χ0v) is 14.5. The first kappa shape index (κ1) is 15.9. The van der Waals surface area contributed by atoms with Crippen molar-refractivity contribution in [3.8, 4) is 11.5 Å². The van der Waals surface area contributed by atoms with Crippen LogP contribution in [0.2, 0.25) is 0 Å². The van der Waals surface area contributed by atoms with Crippen LogP contribution in [0.5, 0.6) is 11.5 Å². The second-order valence-corrected chi connectivity index (χ2v) is 6.36. The summed E-state index contributed by atoms with van der Waals surface area (Å²) in [4.78, 5) is 0.